The van der Waals surface area contributed by atoms with E-state index in [9.17, 15) is 9.90 Å². The van der Waals surface area contributed by atoms with Crippen molar-refractivity contribution in [3.63, 3.8) is 0 Å². The number of aromatic hydroxyl groups is 1. The van der Waals surface area contributed by atoms with Crippen molar-refractivity contribution in [2.45, 2.75) is 18.9 Å². The van der Waals surface area contributed by atoms with Crippen LogP contribution in [0.15, 0.2) is 59.5 Å². The first-order valence-corrected chi connectivity index (χ1v) is 9.11. The van der Waals surface area contributed by atoms with Crippen LogP contribution in [0, 0.1) is 0 Å². The van der Waals surface area contributed by atoms with Crippen molar-refractivity contribution < 1.29 is 5.11 Å². The van der Waals surface area contributed by atoms with Gasteiger partial charge in [-0.15, -0.1) is 0 Å². The summed E-state index contributed by atoms with van der Waals surface area (Å²) in [6.07, 6.45) is 3.62. The van der Waals surface area contributed by atoms with Crippen LogP contribution in [0.4, 0.5) is 5.82 Å². The normalized spacial score (nSPS) is 17.0. The summed E-state index contributed by atoms with van der Waals surface area (Å²) in [6.45, 7) is 1.68. The smallest absolute Gasteiger partial charge is 0.293 e. The van der Waals surface area contributed by atoms with E-state index in [1.54, 1.807) is 16.8 Å². The quantitative estimate of drug-likeness (QED) is 0.666. The molecule has 4 N–H and O–H groups in total. The van der Waals surface area contributed by atoms with Crippen LogP contribution in [0.2, 0.25) is 0 Å². The Kier molecular flexibility index (Phi) is 4.64. The number of hydrogen-bond donors (Lipinski definition) is 3. The average molecular weight is 362 g/mol. The zero-order valence-electron chi connectivity index (χ0n) is 14.9. The second-order valence-electron chi connectivity index (χ2n) is 6.82. The molecular weight excluding hydrogens is 340 g/mol. The molecule has 0 amide bonds. The first kappa shape index (κ1) is 17.3. The van der Waals surface area contributed by atoms with Crippen LogP contribution in [-0.2, 0) is 0 Å². The van der Waals surface area contributed by atoms with Gasteiger partial charge in [0.15, 0.2) is 5.82 Å². The highest BCUT2D eigenvalue weighted by atomic mass is 16.3. The number of nitrogens with one attached hydrogen (secondary N) is 1. The zero-order chi connectivity index (χ0) is 18.8. The number of aromatic nitrogens is 2. The summed E-state index contributed by atoms with van der Waals surface area (Å²) < 4.78 is 1.65. The number of benzene rings is 2. The number of piperidine rings is 1. The van der Waals surface area contributed by atoms with E-state index < -0.39 is 0 Å². The van der Waals surface area contributed by atoms with Crippen molar-refractivity contribution in [3.8, 4) is 28.1 Å². The molecule has 0 saturated carbocycles. The lowest BCUT2D eigenvalue weighted by molar-refractivity contribution is 0.364. The van der Waals surface area contributed by atoms with E-state index in [0.29, 0.717) is 11.3 Å². The molecule has 1 atom stereocenters. The average Bonchev–Trinajstić information content (AvgIpc) is 2.72. The van der Waals surface area contributed by atoms with Crippen molar-refractivity contribution in [1.29, 1.82) is 0 Å². The van der Waals surface area contributed by atoms with E-state index in [-0.39, 0.29) is 23.2 Å². The maximum Gasteiger partial charge on any atom is 0.293 e. The van der Waals surface area contributed by atoms with Gasteiger partial charge in [0.25, 0.3) is 5.56 Å². The number of nitrogen functional groups attached to an aromatic ring is 1. The van der Waals surface area contributed by atoms with Crippen LogP contribution in [0.25, 0.3) is 22.4 Å². The van der Waals surface area contributed by atoms with Gasteiger partial charge in [-0.1, -0.05) is 36.4 Å². The summed E-state index contributed by atoms with van der Waals surface area (Å²) in [4.78, 5) is 16.8. The van der Waals surface area contributed by atoms with Gasteiger partial charge in [-0.3, -0.25) is 4.79 Å². The topological polar surface area (TPSA) is 93.2 Å². The maximum absolute atomic E-state index is 12.5. The van der Waals surface area contributed by atoms with E-state index in [1.165, 1.54) is 0 Å². The third-order valence-electron chi connectivity index (χ3n) is 5.00. The number of phenolic OH excluding ortho intramolecular Hbond substituents is 1. The fourth-order valence-corrected chi connectivity index (χ4v) is 3.55. The van der Waals surface area contributed by atoms with Crippen LogP contribution >= 0.6 is 0 Å². The molecule has 1 aliphatic heterocycles. The molecule has 4 rings (SSSR count). The Bertz CT molecular complexity index is 1010. The predicted octanol–water partition coefficient (Wildman–Crippen LogP) is 2.79. The Morgan fingerprint density at radius 1 is 1.15 bits per heavy atom. The largest absolute Gasteiger partial charge is 0.507 e. The summed E-state index contributed by atoms with van der Waals surface area (Å²) in [7, 11) is 0. The highest BCUT2D eigenvalue weighted by Gasteiger charge is 2.19. The Hall–Kier alpha value is -3.12. The van der Waals surface area contributed by atoms with Crippen LogP contribution in [0.3, 0.4) is 0 Å². The number of nitrogens with two attached hydrogens (primary N) is 1. The molecule has 1 unspecified atom stereocenters. The lowest BCUT2D eigenvalue weighted by Gasteiger charge is -2.25. The van der Waals surface area contributed by atoms with Crippen LogP contribution in [-0.4, -0.2) is 27.7 Å². The molecule has 138 valence electrons. The Morgan fingerprint density at radius 3 is 2.70 bits per heavy atom. The highest BCUT2D eigenvalue weighted by Crippen LogP contribution is 2.33. The van der Waals surface area contributed by atoms with Gasteiger partial charge in [-0.2, -0.15) is 0 Å². The summed E-state index contributed by atoms with van der Waals surface area (Å²) in [5.41, 5.74) is 8.68. The van der Waals surface area contributed by atoms with Crippen molar-refractivity contribution >= 4 is 5.82 Å². The van der Waals surface area contributed by atoms with Gasteiger partial charge in [-0.25, -0.2) is 4.98 Å². The molecule has 1 saturated heterocycles. The molecule has 2 aromatic carbocycles. The summed E-state index contributed by atoms with van der Waals surface area (Å²) in [6, 6.07) is 15.3. The van der Waals surface area contributed by atoms with E-state index in [2.05, 4.69) is 10.3 Å². The van der Waals surface area contributed by atoms with Crippen LogP contribution < -0.4 is 16.6 Å². The van der Waals surface area contributed by atoms with Gasteiger partial charge in [-0.05, 0) is 42.6 Å². The van der Waals surface area contributed by atoms with Crippen molar-refractivity contribution in [2.75, 3.05) is 18.8 Å². The van der Waals surface area contributed by atoms with Crippen LogP contribution in [0.5, 0.6) is 5.75 Å². The van der Waals surface area contributed by atoms with Gasteiger partial charge in [0.2, 0.25) is 0 Å². The van der Waals surface area contributed by atoms with Gasteiger partial charge >= 0.3 is 0 Å². The van der Waals surface area contributed by atoms with E-state index in [0.717, 1.165) is 37.1 Å². The zero-order valence-corrected chi connectivity index (χ0v) is 14.9. The summed E-state index contributed by atoms with van der Waals surface area (Å²) in [5, 5.41) is 13.7. The van der Waals surface area contributed by atoms with E-state index >= 15 is 0 Å². The van der Waals surface area contributed by atoms with E-state index in [1.807, 2.05) is 42.5 Å². The lowest BCUT2D eigenvalue weighted by Crippen LogP contribution is -2.37. The first-order valence-electron chi connectivity index (χ1n) is 9.11. The molecule has 6 heteroatoms. The number of phenols is 1. The Balaban J connectivity index is 1.81. The second-order valence-corrected chi connectivity index (χ2v) is 6.82. The fraction of sp³-hybridized carbons (Fsp3) is 0.238. The molecule has 1 fully saturated rings. The van der Waals surface area contributed by atoms with Crippen LogP contribution in [0.1, 0.15) is 18.9 Å². The van der Waals surface area contributed by atoms with Crippen molar-refractivity contribution in [3.05, 3.63) is 65.1 Å². The summed E-state index contributed by atoms with van der Waals surface area (Å²) >= 11 is 0. The standard InChI is InChI=1S/C21H22N4O2/c22-20-21(27)25(16-7-4-10-23-12-16)13-18(24-20)17-11-15(8-9-19(17)26)14-5-2-1-3-6-14/h1-3,5-6,8-9,11,13,16,23,26H,4,7,10,12H2,(H2,22,24). The number of hydrogen-bond acceptors (Lipinski definition) is 5. The summed E-state index contributed by atoms with van der Waals surface area (Å²) in [5.74, 6) is 0.0520. The third kappa shape index (κ3) is 3.44. The maximum atomic E-state index is 12.5. The minimum Gasteiger partial charge on any atom is -0.507 e. The Morgan fingerprint density at radius 2 is 1.96 bits per heavy atom. The minimum absolute atomic E-state index is 0.0368. The fourth-order valence-electron chi connectivity index (χ4n) is 3.55. The highest BCUT2D eigenvalue weighted by molar-refractivity contribution is 5.75. The third-order valence-corrected chi connectivity index (χ3v) is 5.00. The van der Waals surface area contributed by atoms with E-state index in [4.69, 9.17) is 5.73 Å². The minimum atomic E-state index is -0.286. The number of nitrogens with zero attached hydrogens (tertiary/aromatic N) is 2. The van der Waals surface area contributed by atoms with Gasteiger partial charge in [0.05, 0.1) is 5.69 Å². The van der Waals surface area contributed by atoms with Gasteiger partial charge in [0.1, 0.15) is 5.75 Å². The molecule has 27 heavy (non-hydrogen) atoms. The monoisotopic (exact) mass is 362 g/mol. The number of rotatable bonds is 3. The SMILES string of the molecule is Nc1nc(-c2cc(-c3ccccc3)ccc2O)cn(C2CCCNC2)c1=O. The molecule has 0 bridgehead atoms. The number of anilines is 1. The van der Waals surface area contributed by atoms with Gasteiger partial charge < -0.3 is 20.7 Å². The second kappa shape index (κ2) is 7.25. The molecule has 1 aliphatic rings. The molecular formula is C21H22N4O2. The predicted molar refractivity (Wildman–Crippen MR) is 107 cm³/mol. The molecule has 3 aromatic rings. The molecule has 6 nitrogen and oxygen atoms in total. The van der Waals surface area contributed by atoms with Gasteiger partial charge in [0, 0.05) is 24.3 Å². The first-order chi connectivity index (χ1) is 13.1. The van der Waals surface area contributed by atoms with Crippen molar-refractivity contribution in [1.82, 2.24) is 14.9 Å². The molecule has 1 aromatic heterocycles. The molecule has 2 heterocycles. The molecule has 0 radical (unpaired) electrons. The lowest BCUT2D eigenvalue weighted by atomic mass is 10.0. The van der Waals surface area contributed by atoms with Crippen molar-refractivity contribution in [2.24, 2.45) is 0 Å². The molecule has 0 spiro atoms. The Labute approximate surface area is 157 Å². The molecule has 0 aliphatic carbocycles.